The number of aryl methyl sites for hydroxylation is 1. The number of carbonyl (C=O) groups is 1. The minimum atomic E-state index is -0.179. The molecule has 0 spiro atoms. The van der Waals surface area contributed by atoms with Gasteiger partial charge in [-0.2, -0.15) is 4.68 Å². The third-order valence-corrected chi connectivity index (χ3v) is 4.01. The van der Waals surface area contributed by atoms with Crippen LogP contribution in [-0.4, -0.2) is 33.9 Å². The monoisotopic (exact) mass is 285 g/mol. The normalized spacial score (nSPS) is 20.6. The van der Waals surface area contributed by atoms with Gasteiger partial charge in [0.25, 0.3) is 5.91 Å². The van der Waals surface area contributed by atoms with E-state index in [1.165, 1.54) is 4.68 Å². The topological polar surface area (TPSA) is 57.0 Å². The maximum absolute atomic E-state index is 12.7. The number of aromatic nitrogens is 3. The van der Waals surface area contributed by atoms with E-state index in [1.54, 1.807) is 6.92 Å². The molecule has 1 saturated heterocycles. The standard InChI is InChI=1S/C16H19N3O2/c1-11-17-14(12-7-5-4-6-8-12)18-19(11)15(20)13-9-21-10-16(13,2)3/h4-8,13H,9-10H2,1-3H3. The molecule has 5 heteroatoms. The number of carbonyl (C=O) groups excluding carboxylic acids is 1. The molecule has 0 bridgehead atoms. The van der Waals surface area contributed by atoms with Gasteiger partial charge < -0.3 is 4.74 Å². The molecule has 5 nitrogen and oxygen atoms in total. The van der Waals surface area contributed by atoms with Gasteiger partial charge in [-0.15, -0.1) is 5.10 Å². The van der Waals surface area contributed by atoms with Crippen LogP contribution in [0.15, 0.2) is 30.3 Å². The highest BCUT2D eigenvalue weighted by Crippen LogP contribution is 2.34. The highest BCUT2D eigenvalue weighted by Gasteiger charge is 2.42. The molecule has 0 saturated carbocycles. The maximum atomic E-state index is 12.7. The van der Waals surface area contributed by atoms with Crippen molar-refractivity contribution in [3.05, 3.63) is 36.2 Å². The molecule has 1 fully saturated rings. The van der Waals surface area contributed by atoms with Gasteiger partial charge in [-0.05, 0) is 6.92 Å². The first-order valence-electron chi connectivity index (χ1n) is 7.10. The summed E-state index contributed by atoms with van der Waals surface area (Å²) in [4.78, 5) is 17.1. The summed E-state index contributed by atoms with van der Waals surface area (Å²) in [5, 5.41) is 4.39. The molecule has 1 atom stereocenters. The molecule has 2 aromatic rings. The van der Waals surface area contributed by atoms with Crippen molar-refractivity contribution in [2.24, 2.45) is 11.3 Å². The second-order valence-electron chi connectivity index (χ2n) is 6.15. The number of hydrogen-bond acceptors (Lipinski definition) is 4. The van der Waals surface area contributed by atoms with Gasteiger partial charge in [-0.25, -0.2) is 4.98 Å². The van der Waals surface area contributed by atoms with Crippen molar-refractivity contribution in [3.63, 3.8) is 0 Å². The van der Waals surface area contributed by atoms with Gasteiger partial charge >= 0.3 is 0 Å². The summed E-state index contributed by atoms with van der Waals surface area (Å²) in [5.41, 5.74) is 0.747. The van der Waals surface area contributed by atoms with Crippen LogP contribution in [0.25, 0.3) is 11.4 Å². The zero-order valence-electron chi connectivity index (χ0n) is 12.5. The Morgan fingerprint density at radius 1 is 1.33 bits per heavy atom. The van der Waals surface area contributed by atoms with E-state index in [9.17, 15) is 4.79 Å². The molecule has 1 unspecified atom stereocenters. The summed E-state index contributed by atoms with van der Waals surface area (Å²) in [6, 6.07) is 9.68. The van der Waals surface area contributed by atoms with Crippen LogP contribution in [0.4, 0.5) is 0 Å². The second kappa shape index (κ2) is 5.07. The number of benzene rings is 1. The van der Waals surface area contributed by atoms with Crippen LogP contribution in [0, 0.1) is 18.3 Å². The summed E-state index contributed by atoms with van der Waals surface area (Å²) in [6.45, 7) is 6.95. The number of hydrogen-bond donors (Lipinski definition) is 0. The van der Waals surface area contributed by atoms with Crippen molar-refractivity contribution >= 4 is 5.91 Å². The fourth-order valence-electron chi connectivity index (χ4n) is 2.63. The Hall–Kier alpha value is -2.01. The van der Waals surface area contributed by atoms with E-state index in [4.69, 9.17) is 4.74 Å². The van der Waals surface area contributed by atoms with Gasteiger partial charge in [0.15, 0.2) is 5.82 Å². The molecule has 1 aliphatic heterocycles. The first-order chi connectivity index (χ1) is 9.99. The number of nitrogens with zero attached hydrogens (tertiary/aromatic N) is 3. The van der Waals surface area contributed by atoms with Gasteiger partial charge in [0, 0.05) is 11.0 Å². The second-order valence-corrected chi connectivity index (χ2v) is 6.15. The minimum Gasteiger partial charge on any atom is -0.380 e. The lowest BCUT2D eigenvalue weighted by Gasteiger charge is -2.22. The Morgan fingerprint density at radius 2 is 2.05 bits per heavy atom. The predicted molar refractivity (Wildman–Crippen MR) is 78.9 cm³/mol. The first kappa shape index (κ1) is 13.9. The van der Waals surface area contributed by atoms with Crippen LogP contribution < -0.4 is 0 Å². The van der Waals surface area contributed by atoms with E-state index >= 15 is 0 Å². The van der Waals surface area contributed by atoms with E-state index < -0.39 is 0 Å². The average molecular weight is 285 g/mol. The summed E-state index contributed by atoms with van der Waals surface area (Å²) in [7, 11) is 0. The zero-order chi connectivity index (χ0) is 15.0. The minimum absolute atomic E-state index is 0.0373. The lowest BCUT2D eigenvalue weighted by Crippen LogP contribution is -2.34. The Balaban J connectivity index is 1.93. The molecule has 0 N–H and O–H groups in total. The Morgan fingerprint density at radius 3 is 2.67 bits per heavy atom. The largest absolute Gasteiger partial charge is 0.380 e. The first-order valence-corrected chi connectivity index (χ1v) is 7.10. The highest BCUT2D eigenvalue weighted by atomic mass is 16.5. The molecule has 21 heavy (non-hydrogen) atoms. The molecule has 2 heterocycles. The van der Waals surface area contributed by atoms with Crippen LogP contribution in [0.1, 0.15) is 24.5 Å². The van der Waals surface area contributed by atoms with Crippen molar-refractivity contribution in [2.45, 2.75) is 20.8 Å². The van der Waals surface area contributed by atoms with Crippen LogP contribution >= 0.6 is 0 Å². The zero-order valence-corrected chi connectivity index (χ0v) is 12.5. The number of ether oxygens (including phenoxy) is 1. The SMILES string of the molecule is Cc1nc(-c2ccccc2)nn1C(=O)C1COCC1(C)C. The molecule has 1 aromatic carbocycles. The Labute approximate surface area is 124 Å². The molecule has 1 aromatic heterocycles. The Bertz CT molecular complexity index is 661. The van der Waals surface area contributed by atoms with Crippen LogP contribution in [0.3, 0.4) is 0 Å². The fraction of sp³-hybridized carbons (Fsp3) is 0.438. The van der Waals surface area contributed by atoms with Gasteiger partial charge in [0.1, 0.15) is 5.82 Å². The smallest absolute Gasteiger partial charge is 0.254 e. The summed E-state index contributed by atoms with van der Waals surface area (Å²) in [6.07, 6.45) is 0. The van der Waals surface area contributed by atoms with E-state index in [0.717, 1.165) is 5.56 Å². The summed E-state index contributed by atoms with van der Waals surface area (Å²) >= 11 is 0. The molecular weight excluding hydrogens is 266 g/mol. The van der Waals surface area contributed by atoms with Gasteiger partial charge in [-0.3, -0.25) is 4.79 Å². The molecule has 0 amide bonds. The van der Waals surface area contributed by atoms with E-state index in [2.05, 4.69) is 10.1 Å². The Kier molecular flexibility index (Phi) is 3.37. The molecule has 3 rings (SSSR count). The maximum Gasteiger partial charge on any atom is 0.254 e. The van der Waals surface area contributed by atoms with Crippen molar-refractivity contribution in [3.8, 4) is 11.4 Å². The lowest BCUT2D eigenvalue weighted by atomic mass is 9.81. The quantitative estimate of drug-likeness (QED) is 0.851. The molecule has 0 aliphatic carbocycles. The molecule has 110 valence electrons. The van der Waals surface area contributed by atoms with Gasteiger partial charge in [0.05, 0.1) is 19.1 Å². The van der Waals surface area contributed by atoms with Gasteiger partial charge in [0.2, 0.25) is 0 Å². The van der Waals surface area contributed by atoms with Crippen LogP contribution in [0.2, 0.25) is 0 Å². The van der Waals surface area contributed by atoms with Crippen LogP contribution in [-0.2, 0) is 4.74 Å². The molecule has 1 aliphatic rings. The molecular formula is C16H19N3O2. The van der Waals surface area contributed by atoms with Crippen molar-refractivity contribution in [2.75, 3.05) is 13.2 Å². The fourth-order valence-corrected chi connectivity index (χ4v) is 2.63. The lowest BCUT2D eigenvalue weighted by molar-refractivity contribution is 0.0744. The van der Waals surface area contributed by atoms with Crippen molar-refractivity contribution in [1.29, 1.82) is 0 Å². The van der Waals surface area contributed by atoms with Crippen molar-refractivity contribution in [1.82, 2.24) is 14.8 Å². The van der Waals surface area contributed by atoms with Gasteiger partial charge in [-0.1, -0.05) is 44.2 Å². The predicted octanol–water partition coefficient (Wildman–Crippen LogP) is 2.57. The average Bonchev–Trinajstić information content (AvgIpc) is 3.02. The molecule has 0 radical (unpaired) electrons. The van der Waals surface area contributed by atoms with Crippen molar-refractivity contribution < 1.29 is 9.53 Å². The summed E-state index contributed by atoms with van der Waals surface area (Å²) in [5.74, 6) is 0.978. The van der Waals surface area contributed by atoms with E-state index in [-0.39, 0.29) is 17.2 Å². The summed E-state index contributed by atoms with van der Waals surface area (Å²) < 4.78 is 6.88. The number of rotatable bonds is 2. The van der Waals surface area contributed by atoms with E-state index in [0.29, 0.717) is 24.9 Å². The highest BCUT2D eigenvalue weighted by molar-refractivity contribution is 5.82. The van der Waals surface area contributed by atoms with Crippen LogP contribution in [0.5, 0.6) is 0 Å². The third-order valence-electron chi connectivity index (χ3n) is 4.01. The third kappa shape index (κ3) is 2.49. The van der Waals surface area contributed by atoms with E-state index in [1.807, 2.05) is 44.2 Å².